The summed E-state index contributed by atoms with van der Waals surface area (Å²) in [5.74, 6) is -1.35. The lowest BCUT2D eigenvalue weighted by Gasteiger charge is -2.13. The van der Waals surface area contributed by atoms with Crippen LogP contribution in [0.3, 0.4) is 0 Å². The first-order chi connectivity index (χ1) is 11.7. The lowest BCUT2D eigenvalue weighted by atomic mass is 10.0. The van der Waals surface area contributed by atoms with E-state index in [0.29, 0.717) is 5.56 Å². The standard InChI is InChI=1S/C17H8Cl2F3NO2/c18-12-5-4-8(6-13(12)19)14-7-10(16(24)25)9-2-1-3-11(15(9)23-14)17(20,21)22/h1-7H,(H,24,25). The van der Waals surface area contributed by atoms with Crippen molar-refractivity contribution in [1.29, 1.82) is 0 Å². The number of hydrogen-bond donors (Lipinski definition) is 1. The second-order valence-corrected chi connectivity index (χ2v) is 6.00. The van der Waals surface area contributed by atoms with Gasteiger partial charge in [-0.2, -0.15) is 13.2 Å². The number of carbonyl (C=O) groups is 1. The molecule has 0 saturated carbocycles. The molecule has 128 valence electrons. The van der Waals surface area contributed by atoms with Crippen LogP contribution < -0.4 is 0 Å². The molecule has 3 nitrogen and oxygen atoms in total. The molecule has 0 unspecified atom stereocenters. The van der Waals surface area contributed by atoms with E-state index in [1.807, 2.05) is 0 Å². The van der Waals surface area contributed by atoms with Crippen molar-refractivity contribution in [3.8, 4) is 11.3 Å². The van der Waals surface area contributed by atoms with Gasteiger partial charge in [-0.3, -0.25) is 0 Å². The zero-order valence-corrected chi connectivity index (χ0v) is 13.7. The van der Waals surface area contributed by atoms with Crippen LogP contribution in [0.2, 0.25) is 10.0 Å². The molecule has 1 aromatic heterocycles. The molecule has 0 saturated heterocycles. The van der Waals surface area contributed by atoms with E-state index < -0.39 is 23.2 Å². The third-order valence-corrected chi connectivity index (χ3v) is 4.33. The number of benzene rings is 2. The second kappa shape index (κ2) is 6.20. The highest BCUT2D eigenvalue weighted by atomic mass is 35.5. The lowest BCUT2D eigenvalue weighted by molar-refractivity contribution is -0.136. The normalized spacial score (nSPS) is 11.7. The Bertz CT molecular complexity index is 1000. The van der Waals surface area contributed by atoms with Crippen molar-refractivity contribution in [3.63, 3.8) is 0 Å². The number of fused-ring (bicyclic) bond motifs is 1. The highest BCUT2D eigenvalue weighted by molar-refractivity contribution is 6.42. The highest BCUT2D eigenvalue weighted by Crippen LogP contribution is 2.37. The van der Waals surface area contributed by atoms with Gasteiger partial charge in [-0.25, -0.2) is 9.78 Å². The average molecular weight is 386 g/mol. The molecule has 8 heteroatoms. The summed E-state index contributed by atoms with van der Waals surface area (Å²) in [5, 5.41) is 9.75. The van der Waals surface area contributed by atoms with Crippen LogP contribution in [0.15, 0.2) is 42.5 Å². The maximum absolute atomic E-state index is 13.3. The molecule has 0 amide bonds. The van der Waals surface area contributed by atoms with Crippen LogP contribution in [0.25, 0.3) is 22.2 Å². The van der Waals surface area contributed by atoms with Gasteiger partial charge in [0, 0.05) is 10.9 Å². The molecule has 0 fully saturated rings. The molecule has 1 N–H and O–H groups in total. The van der Waals surface area contributed by atoms with E-state index in [0.717, 1.165) is 12.1 Å². The summed E-state index contributed by atoms with van der Waals surface area (Å²) >= 11 is 11.8. The molecule has 0 bridgehead atoms. The predicted molar refractivity (Wildman–Crippen MR) is 89.2 cm³/mol. The summed E-state index contributed by atoms with van der Waals surface area (Å²) in [6, 6.07) is 8.90. The summed E-state index contributed by atoms with van der Waals surface area (Å²) in [6.45, 7) is 0. The summed E-state index contributed by atoms with van der Waals surface area (Å²) in [5.41, 5.74) is -1.31. The van der Waals surface area contributed by atoms with E-state index >= 15 is 0 Å². The number of rotatable bonds is 2. The largest absolute Gasteiger partial charge is 0.478 e. The molecular weight excluding hydrogens is 378 g/mol. The van der Waals surface area contributed by atoms with Crippen LogP contribution in [0.5, 0.6) is 0 Å². The summed E-state index contributed by atoms with van der Waals surface area (Å²) in [7, 11) is 0. The Hall–Kier alpha value is -2.31. The van der Waals surface area contributed by atoms with Gasteiger partial charge in [-0.05, 0) is 24.3 Å². The average Bonchev–Trinajstić information content (AvgIpc) is 2.54. The van der Waals surface area contributed by atoms with Crippen LogP contribution in [0.4, 0.5) is 13.2 Å². The quantitative estimate of drug-likeness (QED) is 0.594. The number of carboxylic acid groups (broad SMARTS) is 1. The van der Waals surface area contributed by atoms with Crippen LogP contribution in [-0.4, -0.2) is 16.1 Å². The minimum atomic E-state index is -4.67. The van der Waals surface area contributed by atoms with Crippen molar-refractivity contribution in [1.82, 2.24) is 4.98 Å². The minimum absolute atomic E-state index is 0.0557. The topological polar surface area (TPSA) is 50.2 Å². The number of pyridine rings is 1. The van der Waals surface area contributed by atoms with Crippen LogP contribution in [0.1, 0.15) is 15.9 Å². The SMILES string of the molecule is O=C(O)c1cc(-c2ccc(Cl)c(Cl)c2)nc2c(C(F)(F)F)cccc12. The fraction of sp³-hybridized carbons (Fsp3) is 0.0588. The molecular formula is C17H8Cl2F3NO2. The number of para-hydroxylation sites is 1. The molecule has 0 aliphatic heterocycles. The molecule has 0 spiro atoms. The summed E-state index contributed by atoms with van der Waals surface area (Å²) in [6.07, 6.45) is -4.67. The molecule has 0 aliphatic rings. The summed E-state index contributed by atoms with van der Waals surface area (Å²) in [4.78, 5) is 15.6. The Labute approximate surface area is 149 Å². The van der Waals surface area contributed by atoms with Gasteiger partial charge in [-0.15, -0.1) is 0 Å². The van der Waals surface area contributed by atoms with E-state index in [4.69, 9.17) is 23.2 Å². The van der Waals surface area contributed by atoms with Gasteiger partial charge in [0.25, 0.3) is 0 Å². The van der Waals surface area contributed by atoms with Crippen molar-refractivity contribution >= 4 is 40.1 Å². The van der Waals surface area contributed by atoms with Gasteiger partial charge in [-0.1, -0.05) is 41.4 Å². The molecule has 25 heavy (non-hydrogen) atoms. The number of aromatic nitrogens is 1. The van der Waals surface area contributed by atoms with Gasteiger partial charge >= 0.3 is 12.1 Å². The smallest absolute Gasteiger partial charge is 0.418 e. The van der Waals surface area contributed by atoms with Crippen molar-refractivity contribution in [2.75, 3.05) is 0 Å². The number of nitrogens with zero attached hydrogens (tertiary/aromatic N) is 1. The summed E-state index contributed by atoms with van der Waals surface area (Å²) < 4.78 is 39.8. The number of carboxylic acids is 1. The lowest BCUT2D eigenvalue weighted by Crippen LogP contribution is -2.09. The monoisotopic (exact) mass is 385 g/mol. The van der Waals surface area contributed by atoms with E-state index in [1.54, 1.807) is 0 Å². The Morgan fingerprint density at radius 3 is 2.36 bits per heavy atom. The molecule has 3 rings (SSSR count). The fourth-order valence-corrected chi connectivity index (χ4v) is 2.76. The number of halogens is 5. The van der Waals surface area contributed by atoms with E-state index in [1.165, 1.54) is 30.3 Å². The first-order valence-electron chi connectivity index (χ1n) is 6.88. The Balaban J connectivity index is 2.38. The fourth-order valence-electron chi connectivity index (χ4n) is 2.46. The van der Waals surface area contributed by atoms with Gasteiger partial charge in [0.15, 0.2) is 0 Å². The van der Waals surface area contributed by atoms with Gasteiger partial charge in [0.2, 0.25) is 0 Å². The van der Waals surface area contributed by atoms with E-state index in [2.05, 4.69) is 4.98 Å². The Kier molecular flexibility index (Phi) is 4.34. The molecule has 0 aliphatic carbocycles. The second-order valence-electron chi connectivity index (χ2n) is 5.19. The van der Waals surface area contributed by atoms with Gasteiger partial charge in [0.1, 0.15) is 0 Å². The first kappa shape index (κ1) is 17.5. The zero-order chi connectivity index (χ0) is 18.4. The predicted octanol–water partition coefficient (Wildman–Crippen LogP) is 5.93. The van der Waals surface area contributed by atoms with Crippen LogP contribution in [-0.2, 0) is 6.18 Å². The number of hydrogen-bond acceptors (Lipinski definition) is 2. The van der Waals surface area contributed by atoms with Crippen molar-refractivity contribution in [2.45, 2.75) is 6.18 Å². The highest BCUT2D eigenvalue weighted by Gasteiger charge is 2.34. The maximum atomic E-state index is 13.3. The zero-order valence-electron chi connectivity index (χ0n) is 12.2. The maximum Gasteiger partial charge on any atom is 0.418 e. The van der Waals surface area contributed by atoms with Crippen LogP contribution in [0, 0.1) is 0 Å². The van der Waals surface area contributed by atoms with Crippen molar-refractivity contribution in [3.05, 3.63) is 63.6 Å². The van der Waals surface area contributed by atoms with Crippen molar-refractivity contribution < 1.29 is 23.1 Å². The molecule has 0 atom stereocenters. The molecule has 2 aromatic carbocycles. The minimum Gasteiger partial charge on any atom is -0.478 e. The number of aromatic carboxylic acids is 1. The number of alkyl halides is 3. The van der Waals surface area contributed by atoms with E-state index in [9.17, 15) is 23.1 Å². The molecule has 3 aromatic rings. The molecule has 1 heterocycles. The molecule has 0 radical (unpaired) electrons. The Morgan fingerprint density at radius 2 is 1.76 bits per heavy atom. The Morgan fingerprint density at radius 1 is 1.04 bits per heavy atom. The van der Waals surface area contributed by atoms with Crippen molar-refractivity contribution in [2.24, 2.45) is 0 Å². The first-order valence-corrected chi connectivity index (χ1v) is 7.64. The van der Waals surface area contributed by atoms with Gasteiger partial charge < -0.3 is 5.11 Å². The third-order valence-electron chi connectivity index (χ3n) is 3.59. The third kappa shape index (κ3) is 3.27. The van der Waals surface area contributed by atoms with Crippen LogP contribution >= 0.6 is 23.2 Å². The van der Waals surface area contributed by atoms with Gasteiger partial charge in [0.05, 0.1) is 32.4 Å². The van der Waals surface area contributed by atoms with E-state index in [-0.39, 0.29) is 26.7 Å².